The second-order valence-corrected chi connectivity index (χ2v) is 8.97. The average Bonchev–Trinajstić information content (AvgIpc) is 2.72. The molecule has 0 aromatic rings. The van der Waals surface area contributed by atoms with Crippen LogP contribution in [0.1, 0.15) is 117 Å². The molecule has 4 heteroatoms. The molecule has 4 nitrogen and oxygen atoms in total. The zero-order chi connectivity index (χ0) is 22.3. The van der Waals surface area contributed by atoms with Crippen molar-refractivity contribution in [3.8, 4) is 0 Å². The maximum Gasteiger partial charge on any atom is 0.330 e. The molecule has 178 valence electrons. The largest absolute Gasteiger partial charge is 0.460 e. The Morgan fingerprint density at radius 3 is 1.90 bits per heavy atom. The Kier molecular flexibility index (Phi) is 22.1. The van der Waals surface area contributed by atoms with Crippen LogP contribution in [0.15, 0.2) is 12.2 Å². The molecule has 0 saturated carbocycles. The lowest BCUT2D eigenvalue weighted by Gasteiger charge is -2.11. The monoisotopic (exact) mass is 426 g/mol. The van der Waals surface area contributed by atoms with E-state index in [9.17, 15) is 9.90 Å². The number of aliphatic hydroxyl groups excluding tert-OH is 1. The molecule has 0 aromatic carbocycles. The highest BCUT2D eigenvalue weighted by Crippen LogP contribution is 2.13. The first-order chi connectivity index (χ1) is 14.6. The smallest absolute Gasteiger partial charge is 0.330 e. The van der Waals surface area contributed by atoms with Gasteiger partial charge in [0.1, 0.15) is 12.7 Å². The SMILES string of the molecule is CCCCCCCCCCCCCCC/C=C/C(=O)OC[C@H](O)COCCC(C)C. The molecular weight excluding hydrogens is 376 g/mol. The minimum absolute atomic E-state index is 0.0103. The molecule has 1 atom stereocenters. The van der Waals surface area contributed by atoms with Gasteiger partial charge in [0.15, 0.2) is 0 Å². The Balaban J connectivity index is 3.36. The molecule has 0 bridgehead atoms. The van der Waals surface area contributed by atoms with E-state index < -0.39 is 6.10 Å². The average molecular weight is 427 g/mol. The van der Waals surface area contributed by atoms with Gasteiger partial charge >= 0.3 is 5.97 Å². The van der Waals surface area contributed by atoms with E-state index in [0.717, 1.165) is 19.3 Å². The van der Waals surface area contributed by atoms with E-state index in [1.807, 2.05) is 6.08 Å². The Bertz CT molecular complexity index is 392. The van der Waals surface area contributed by atoms with Gasteiger partial charge in [-0.2, -0.15) is 0 Å². The first-order valence-corrected chi connectivity index (χ1v) is 12.6. The number of aliphatic hydroxyl groups is 1. The van der Waals surface area contributed by atoms with Crippen LogP contribution in [-0.2, 0) is 14.3 Å². The first kappa shape index (κ1) is 29.1. The Hall–Kier alpha value is -0.870. The van der Waals surface area contributed by atoms with E-state index in [4.69, 9.17) is 9.47 Å². The fourth-order valence-corrected chi connectivity index (χ4v) is 3.27. The molecule has 0 aliphatic carbocycles. The molecule has 0 fully saturated rings. The van der Waals surface area contributed by atoms with Crippen LogP contribution >= 0.6 is 0 Å². The molecule has 0 aliphatic heterocycles. The van der Waals surface area contributed by atoms with Gasteiger partial charge < -0.3 is 14.6 Å². The lowest BCUT2D eigenvalue weighted by molar-refractivity contribution is -0.141. The highest BCUT2D eigenvalue weighted by atomic mass is 16.5. The van der Waals surface area contributed by atoms with Crippen molar-refractivity contribution in [2.75, 3.05) is 19.8 Å². The number of unbranched alkanes of at least 4 members (excludes halogenated alkanes) is 13. The third-order valence-electron chi connectivity index (χ3n) is 5.30. The standard InChI is InChI=1S/C26H50O4/c1-4-5-6-7-8-9-10-11-12-13-14-15-16-17-18-19-26(28)30-23-25(27)22-29-21-20-24(2)3/h18-19,24-25,27H,4-17,20-23H2,1-3H3/b19-18+/t25-/m1/s1. The molecule has 1 N–H and O–H groups in total. The summed E-state index contributed by atoms with van der Waals surface area (Å²) in [4.78, 5) is 11.6. The summed E-state index contributed by atoms with van der Waals surface area (Å²) in [5, 5.41) is 9.74. The number of esters is 1. The van der Waals surface area contributed by atoms with Crippen molar-refractivity contribution in [1.29, 1.82) is 0 Å². The van der Waals surface area contributed by atoms with Gasteiger partial charge in [0.25, 0.3) is 0 Å². The second-order valence-electron chi connectivity index (χ2n) is 8.97. The molecule has 0 radical (unpaired) electrons. The lowest BCUT2D eigenvalue weighted by Crippen LogP contribution is -2.23. The molecule has 0 saturated heterocycles. The van der Waals surface area contributed by atoms with Crippen LogP contribution < -0.4 is 0 Å². The fraction of sp³-hybridized carbons (Fsp3) is 0.885. The van der Waals surface area contributed by atoms with Crippen molar-refractivity contribution in [2.45, 2.75) is 123 Å². The summed E-state index contributed by atoms with van der Waals surface area (Å²) in [7, 11) is 0. The predicted molar refractivity (Wildman–Crippen MR) is 127 cm³/mol. The topological polar surface area (TPSA) is 55.8 Å². The molecular formula is C26H50O4. The summed E-state index contributed by atoms with van der Waals surface area (Å²) in [5.41, 5.74) is 0. The lowest BCUT2D eigenvalue weighted by atomic mass is 10.0. The zero-order valence-electron chi connectivity index (χ0n) is 20.2. The molecule has 0 rings (SSSR count). The summed E-state index contributed by atoms with van der Waals surface area (Å²) in [6.07, 6.45) is 22.0. The van der Waals surface area contributed by atoms with Crippen molar-refractivity contribution in [1.82, 2.24) is 0 Å². The quantitative estimate of drug-likeness (QED) is 0.115. The highest BCUT2D eigenvalue weighted by Gasteiger charge is 2.07. The van der Waals surface area contributed by atoms with Crippen molar-refractivity contribution in [3.63, 3.8) is 0 Å². The van der Waals surface area contributed by atoms with Crippen molar-refractivity contribution >= 4 is 5.97 Å². The number of carbonyl (C=O) groups excluding carboxylic acids is 1. The summed E-state index contributed by atoms with van der Waals surface area (Å²) in [6.45, 7) is 7.36. The third kappa shape index (κ3) is 23.4. The van der Waals surface area contributed by atoms with Crippen LogP contribution in [0.3, 0.4) is 0 Å². The molecule has 0 spiro atoms. The number of allylic oxidation sites excluding steroid dienone is 1. The van der Waals surface area contributed by atoms with Crippen molar-refractivity contribution in [3.05, 3.63) is 12.2 Å². The number of hydrogen-bond donors (Lipinski definition) is 1. The number of carbonyl (C=O) groups is 1. The summed E-state index contributed by atoms with van der Waals surface area (Å²) >= 11 is 0. The maximum absolute atomic E-state index is 11.6. The van der Waals surface area contributed by atoms with E-state index >= 15 is 0 Å². The van der Waals surface area contributed by atoms with Gasteiger partial charge in [0.2, 0.25) is 0 Å². The summed E-state index contributed by atoms with van der Waals surface area (Å²) in [5.74, 6) is 0.200. The molecule has 0 aliphatic rings. The maximum atomic E-state index is 11.6. The van der Waals surface area contributed by atoms with Crippen LogP contribution in [-0.4, -0.2) is 37.0 Å². The van der Waals surface area contributed by atoms with Gasteiger partial charge in [0.05, 0.1) is 6.61 Å². The first-order valence-electron chi connectivity index (χ1n) is 12.6. The van der Waals surface area contributed by atoms with Crippen LogP contribution in [0.2, 0.25) is 0 Å². The Labute approximate surface area is 186 Å². The van der Waals surface area contributed by atoms with Gasteiger partial charge in [-0.1, -0.05) is 104 Å². The van der Waals surface area contributed by atoms with Gasteiger partial charge in [-0.3, -0.25) is 0 Å². The van der Waals surface area contributed by atoms with Crippen LogP contribution in [0.5, 0.6) is 0 Å². The Morgan fingerprint density at radius 1 is 0.833 bits per heavy atom. The van der Waals surface area contributed by atoms with E-state index in [2.05, 4.69) is 20.8 Å². The summed E-state index contributed by atoms with van der Waals surface area (Å²) < 4.78 is 10.4. The third-order valence-corrected chi connectivity index (χ3v) is 5.30. The molecule has 0 amide bonds. The van der Waals surface area contributed by atoms with E-state index in [-0.39, 0.29) is 19.2 Å². The highest BCUT2D eigenvalue weighted by molar-refractivity contribution is 5.81. The molecule has 0 aromatic heterocycles. The number of rotatable bonds is 22. The number of hydrogen-bond acceptors (Lipinski definition) is 4. The number of ether oxygens (including phenoxy) is 2. The van der Waals surface area contributed by atoms with E-state index in [0.29, 0.717) is 12.5 Å². The van der Waals surface area contributed by atoms with Gasteiger partial charge in [0, 0.05) is 12.7 Å². The minimum atomic E-state index is -0.754. The fourth-order valence-electron chi connectivity index (χ4n) is 3.27. The normalized spacial score (nSPS) is 12.7. The Morgan fingerprint density at radius 2 is 1.37 bits per heavy atom. The van der Waals surface area contributed by atoms with Crippen LogP contribution in [0.4, 0.5) is 0 Å². The molecule has 0 heterocycles. The molecule has 30 heavy (non-hydrogen) atoms. The predicted octanol–water partition coefficient (Wildman–Crippen LogP) is 6.99. The van der Waals surface area contributed by atoms with Crippen LogP contribution in [0.25, 0.3) is 0 Å². The van der Waals surface area contributed by atoms with Crippen molar-refractivity contribution in [2.24, 2.45) is 5.92 Å². The van der Waals surface area contributed by atoms with E-state index in [1.165, 1.54) is 83.1 Å². The van der Waals surface area contributed by atoms with Gasteiger partial charge in [-0.15, -0.1) is 0 Å². The van der Waals surface area contributed by atoms with Crippen LogP contribution in [0, 0.1) is 5.92 Å². The van der Waals surface area contributed by atoms with E-state index in [1.54, 1.807) is 0 Å². The minimum Gasteiger partial charge on any atom is -0.460 e. The van der Waals surface area contributed by atoms with Gasteiger partial charge in [-0.05, 0) is 25.2 Å². The molecule has 0 unspecified atom stereocenters. The summed E-state index contributed by atoms with van der Waals surface area (Å²) in [6, 6.07) is 0. The van der Waals surface area contributed by atoms with Crippen molar-refractivity contribution < 1.29 is 19.4 Å². The van der Waals surface area contributed by atoms with Gasteiger partial charge in [-0.25, -0.2) is 4.79 Å². The second kappa shape index (κ2) is 22.8. The zero-order valence-corrected chi connectivity index (χ0v) is 20.2.